The van der Waals surface area contributed by atoms with E-state index in [-0.39, 0.29) is 5.76 Å². The molecular weight excluding hydrogens is 142 g/mol. The first-order chi connectivity index (χ1) is 5.38. The lowest BCUT2D eigenvalue weighted by molar-refractivity contribution is 0.186. The monoisotopic (exact) mass is 149 g/mol. The van der Waals surface area contributed by atoms with Crippen LogP contribution in [0.4, 0.5) is 0 Å². The average molecular weight is 149 g/mol. The van der Waals surface area contributed by atoms with Gasteiger partial charge in [-0.2, -0.15) is 0 Å². The molecule has 0 fully saturated rings. The van der Waals surface area contributed by atoms with Crippen LogP contribution in [0.2, 0.25) is 0 Å². The summed E-state index contributed by atoms with van der Waals surface area (Å²) in [5.74, 6) is 0.218. The molecule has 0 amide bonds. The Hall–Kier alpha value is -1.64. The Morgan fingerprint density at radius 2 is 2.09 bits per heavy atom. The maximum atomic E-state index is 9.34. The normalized spacial score (nSPS) is 20.2. The van der Waals surface area contributed by atoms with E-state index < -0.39 is 0 Å². The number of hydroxylamine groups is 1. The number of hydrogen-bond donors (Lipinski definition) is 2. The summed E-state index contributed by atoms with van der Waals surface area (Å²) < 4.78 is 0. The van der Waals surface area contributed by atoms with E-state index in [1.807, 2.05) is 12.2 Å². The summed E-state index contributed by atoms with van der Waals surface area (Å²) in [4.78, 5) is 4.80. The predicted octanol–water partition coefficient (Wildman–Crippen LogP) is 1.30. The van der Waals surface area contributed by atoms with Crippen LogP contribution in [0, 0.1) is 0 Å². The number of allylic oxidation sites excluding steroid dienone is 4. The summed E-state index contributed by atoms with van der Waals surface area (Å²) in [5.41, 5.74) is 4.12. The molecule has 2 aliphatic rings. The third kappa shape index (κ3) is 0.902. The van der Waals surface area contributed by atoms with Gasteiger partial charge in [-0.1, -0.05) is 12.2 Å². The molecule has 0 radical (unpaired) electrons. The standard InChI is InChI=1S/C8H7NO2/c10-8-4-2-1-3-7-6(8)5-11-9-7/h1-5,9-10H. The zero-order valence-corrected chi connectivity index (χ0v) is 5.74. The van der Waals surface area contributed by atoms with Gasteiger partial charge in [-0.25, -0.2) is 5.48 Å². The zero-order chi connectivity index (χ0) is 7.68. The highest BCUT2D eigenvalue weighted by Crippen LogP contribution is 2.21. The minimum absolute atomic E-state index is 0.218. The van der Waals surface area contributed by atoms with Crippen molar-refractivity contribution in [3.63, 3.8) is 0 Å². The maximum Gasteiger partial charge on any atom is 0.132 e. The second-order valence-electron chi connectivity index (χ2n) is 2.27. The van der Waals surface area contributed by atoms with Crippen LogP contribution < -0.4 is 5.48 Å². The lowest BCUT2D eigenvalue weighted by atomic mass is 10.2. The molecule has 0 saturated heterocycles. The van der Waals surface area contributed by atoms with Gasteiger partial charge in [0, 0.05) is 0 Å². The van der Waals surface area contributed by atoms with Gasteiger partial charge in [0.15, 0.2) is 0 Å². The van der Waals surface area contributed by atoms with E-state index >= 15 is 0 Å². The van der Waals surface area contributed by atoms with Gasteiger partial charge in [-0.05, 0) is 12.2 Å². The number of nitrogens with one attached hydrogen (secondary N) is 1. The highest BCUT2D eigenvalue weighted by Gasteiger charge is 2.16. The van der Waals surface area contributed by atoms with Crippen molar-refractivity contribution in [1.29, 1.82) is 0 Å². The lowest BCUT2D eigenvalue weighted by Gasteiger charge is -1.98. The number of fused-ring (bicyclic) bond motifs is 1. The summed E-state index contributed by atoms with van der Waals surface area (Å²) in [7, 11) is 0. The van der Waals surface area contributed by atoms with Gasteiger partial charge >= 0.3 is 0 Å². The zero-order valence-electron chi connectivity index (χ0n) is 5.74. The molecule has 0 aromatic rings. The highest BCUT2D eigenvalue weighted by atomic mass is 16.6. The van der Waals surface area contributed by atoms with Crippen molar-refractivity contribution in [3.8, 4) is 0 Å². The van der Waals surface area contributed by atoms with E-state index in [2.05, 4.69) is 5.48 Å². The van der Waals surface area contributed by atoms with Crippen LogP contribution >= 0.6 is 0 Å². The number of hydrogen-bond acceptors (Lipinski definition) is 3. The summed E-state index contributed by atoms with van der Waals surface area (Å²) in [5, 5.41) is 9.34. The Kier molecular flexibility index (Phi) is 1.22. The van der Waals surface area contributed by atoms with E-state index in [1.165, 1.54) is 6.26 Å². The lowest BCUT2D eigenvalue weighted by Crippen LogP contribution is -2.04. The second kappa shape index (κ2) is 2.20. The van der Waals surface area contributed by atoms with Gasteiger partial charge in [-0.3, -0.25) is 0 Å². The SMILES string of the molecule is OC1=CC=CC=C2NOC=C12. The molecule has 1 aliphatic heterocycles. The summed E-state index contributed by atoms with van der Waals surface area (Å²) in [6.45, 7) is 0. The fraction of sp³-hybridized carbons (Fsp3) is 0. The molecule has 2 N–H and O–H groups in total. The molecule has 0 aromatic heterocycles. The van der Waals surface area contributed by atoms with Crippen molar-refractivity contribution in [1.82, 2.24) is 5.48 Å². The minimum atomic E-state index is 0.218. The third-order valence-electron chi connectivity index (χ3n) is 1.54. The first-order valence-corrected chi connectivity index (χ1v) is 3.28. The summed E-state index contributed by atoms with van der Waals surface area (Å²) >= 11 is 0. The van der Waals surface area contributed by atoms with Crippen molar-refractivity contribution in [2.45, 2.75) is 0 Å². The van der Waals surface area contributed by atoms with E-state index in [9.17, 15) is 5.11 Å². The fourth-order valence-electron chi connectivity index (χ4n) is 0.981. The smallest absolute Gasteiger partial charge is 0.132 e. The second-order valence-corrected chi connectivity index (χ2v) is 2.27. The van der Waals surface area contributed by atoms with E-state index in [0.29, 0.717) is 5.57 Å². The average Bonchev–Trinajstić information content (AvgIpc) is 2.40. The molecule has 0 aromatic carbocycles. The predicted molar refractivity (Wildman–Crippen MR) is 40.2 cm³/mol. The van der Waals surface area contributed by atoms with Crippen molar-refractivity contribution in [2.24, 2.45) is 0 Å². The maximum absolute atomic E-state index is 9.34. The van der Waals surface area contributed by atoms with Crippen LogP contribution in [0.3, 0.4) is 0 Å². The van der Waals surface area contributed by atoms with Crippen molar-refractivity contribution < 1.29 is 9.94 Å². The molecule has 0 spiro atoms. The molecule has 1 aliphatic carbocycles. The number of aliphatic hydroxyl groups excluding tert-OH is 1. The van der Waals surface area contributed by atoms with Gasteiger partial charge in [0.25, 0.3) is 0 Å². The number of aliphatic hydroxyl groups is 1. The summed E-state index contributed by atoms with van der Waals surface area (Å²) in [6, 6.07) is 0. The molecule has 1 heterocycles. The Morgan fingerprint density at radius 3 is 3.00 bits per heavy atom. The largest absolute Gasteiger partial charge is 0.507 e. The Balaban J connectivity index is 2.47. The molecule has 0 unspecified atom stereocenters. The fourth-order valence-corrected chi connectivity index (χ4v) is 0.981. The highest BCUT2D eigenvalue weighted by molar-refractivity contribution is 5.47. The Bertz CT molecular complexity index is 297. The van der Waals surface area contributed by atoms with Crippen molar-refractivity contribution in [2.75, 3.05) is 0 Å². The van der Waals surface area contributed by atoms with Crippen LogP contribution in [0.15, 0.2) is 47.6 Å². The van der Waals surface area contributed by atoms with Crippen LogP contribution in [0.25, 0.3) is 0 Å². The topological polar surface area (TPSA) is 41.5 Å². The van der Waals surface area contributed by atoms with Crippen molar-refractivity contribution >= 4 is 0 Å². The van der Waals surface area contributed by atoms with Gasteiger partial charge in [0.05, 0.1) is 11.3 Å². The molecule has 3 heteroatoms. The van der Waals surface area contributed by atoms with Gasteiger partial charge in [0.2, 0.25) is 0 Å². The summed E-state index contributed by atoms with van der Waals surface area (Å²) in [6.07, 6.45) is 8.52. The Labute approximate surface area is 63.9 Å². The first-order valence-electron chi connectivity index (χ1n) is 3.28. The van der Waals surface area contributed by atoms with Gasteiger partial charge in [0.1, 0.15) is 12.0 Å². The molecule has 0 bridgehead atoms. The molecular formula is C8H7NO2. The van der Waals surface area contributed by atoms with Crippen molar-refractivity contribution in [3.05, 3.63) is 47.6 Å². The molecule has 0 saturated carbocycles. The van der Waals surface area contributed by atoms with Crippen LogP contribution in [0.5, 0.6) is 0 Å². The molecule has 3 nitrogen and oxygen atoms in total. The number of rotatable bonds is 0. The van der Waals surface area contributed by atoms with Gasteiger partial charge in [-0.15, -0.1) is 0 Å². The van der Waals surface area contributed by atoms with Gasteiger partial charge < -0.3 is 9.94 Å². The molecule has 2 rings (SSSR count). The van der Waals surface area contributed by atoms with E-state index in [4.69, 9.17) is 4.84 Å². The van der Waals surface area contributed by atoms with Crippen LogP contribution in [0.1, 0.15) is 0 Å². The van der Waals surface area contributed by atoms with Crippen LogP contribution in [-0.2, 0) is 4.84 Å². The molecule has 11 heavy (non-hydrogen) atoms. The Morgan fingerprint density at radius 1 is 1.27 bits per heavy atom. The first kappa shape index (κ1) is 6.09. The third-order valence-corrected chi connectivity index (χ3v) is 1.54. The molecule has 56 valence electrons. The van der Waals surface area contributed by atoms with E-state index in [0.717, 1.165) is 5.70 Å². The minimum Gasteiger partial charge on any atom is -0.507 e. The van der Waals surface area contributed by atoms with E-state index in [1.54, 1.807) is 12.2 Å². The molecule has 0 atom stereocenters. The quantitative estimate of drug-likeness (QED) is 0.545. The van der Waals surface area contributed by atoms with Crippen LogP contribution in [-0.4, -0.2) is 5.11 Å².